The highest BCUT2D eigenvalue weighted by molar-refractivity contribution is 6.34. The first kappa shape index (κ1) is 18.5. The fourth-order valence-electron chi connectivity index (χ4n) is 2.79. The molecular weight excluding hydrogens is 355 g/mol. The lowest BCUT2D eigenvalue weighted by Crippen LogP contribution is -2.54. The van der Waals surface area contributed by atoms with E-state index in [1.807, 2.05) is 0 Å². The topological polar surface area (TPSA) is 102 Å². The summed E-state index contributed by atoms with van der Waals surface area (Å²) in [5.41, 5.74) is 0.388. The number of carbonyl (C=O) groups excluding carboxylic acids is 3. The molecule has 0 radical (unpaired) electrons. The number of carbonyl (C=O) groups is 3. The van der Waals surface area contributed by atoms with Crippen LogP contribution in [0.15, 0.2) is 30.6 Å². The summed E-state index contributed by atoms with van der Waals surface area (Å²) in [7, 11) is 1.51. The van der Waals surface area contributed by atoms with E-state index in [0.717, 1.165) is 0 Å². The van der Waals surface area contributed by atoms with Gasteiger partial charge >= 0.3 is 11.8 Å². The lowest BCUT2D eigenvalue weighted by atomic mass is 10.1. The van der Waals surface area contributed by atoms with Crippen molar-refractivity contribution >= 4 is 17.7 Å². The third-order valence-electron chi connectivity index (χ3n) is 4.33. The number of hydrogen-bond donors (Lipinski definition) is 1. The fraction of sp³-hybridized carbons (Fsp3) is 0.353. The maximum Gasteiger partial charge on any atom is 0.312 e. The summed E-state index contributed by atoms with van der Waals surface area (Å²) in [6, 6.07) is 5.32. The summed E-state index contributed by atoms with van der Waals surface area (Å²) >= 11 is 0. The molecule has 1 aliphatic rings. The monoisotopic (exact) mass is 374 g/mol. The number of halogens is 1. The number of aromatic amines is 1. The SMILES string of the molecule is CN(Cc1ncn[nH]1)C(=O)C(=O)N1CCN(C(=O)c2ccc(F)cc2)CC1. The number of amides is 3. The van der Waals surface area contributed by atoms with Crippen molar-refractivity contribution in [3.63, 3.8) is 0 Å². The van der Waals surface area contributed by atoms with Crippen LogP contribution in [0.4, 0.5) is 4.39 Å². The molecule has 0 atom stereocenters. The molecule has 1 N–H and O–H groups in total. The second-order valence-electron chi connectivity index (χ2n) is 6.18. The second kappa shape index (κ2) is 7.94. The molecule has 1 aliphatic heterocycles. The number of likely N-dealkylation sites (N-methyl/N-ethyl adjacent to an activating group) is 1. The lowest BCUT2D eigenvalue weighted by Gasteiger charge is -2.35. The summed E-state index contributed by atoms with van der Waals surface area (Å²) in [6.07, 6.45) is 1.33. The Bertz CT molecular complexity index is 816. The van der Waals surface area contributed by atoms with Crippen LogP contribution in [-0.2, 0) is 16.1 Å². The number of nitrogens with one attached hydrogen (secondary N) is 1. The highest BCUT2D eigenvalue weighted by Crippen LogP contribution is 2.11. The minimum Gasteiger partial charge on any atom is -0.335 e. The maximum atomic E-state index is 13.0. The molecule has 3 rings (SSSR count). The van der Waals surface area contributed by atoms with E-state index < -0.39 is 17.6 Å². The van der Waals surface area contributed by atoms with Gasteiger partial charge in [-0.2, -0.15) is 5.10 Å². The van der Waals surface area contributed by atoms with Gasteiger partial charge in [-0.25, -0.2) is 9.37 Å². The average Bonchev–Trinajstić information content (AvgIpc) is 3.20. The molecule has 2 aromatic rings. The Hall–Kier alpha value is -3.30. The van der Waals surface area contributed by atoms with Gasteiger partial charge in [0, 0.05) is 38.8 Å². The third kappa shape index (κ3) is 4.27. The van der Waals surface area contributed by atoms with E-state index >= 15 is 0 Å². The molecule has 0 bridgehead atoms. The fourth-order valence-corrected chi connectivity index (χ4v) is 2.79. The van der Waals surface area contributed by atoms with Gasteiger partial charge in [-0.3, -0.25) is 19.5 Å². The van der Waals surface area contributed by atoms with E-state index in [1.165, 1.54) is 47.4 Å². The van der Waals surface area contributed by atoms with Crippen molar-refractivity contribution in [2.45, 2.75) is 6.54 Å². The molecule has 0 spiro atoms. The Morgan fingerprint density at radius 1 is 1.11 bits per heavy atom. The van der Waals surface area contributed by atoms with Crippen molar-refractivity contribution in [2.75, 3.05) is 33.2 Å². The van der Waals surface area contributed by atoms with E-state index in [0.29, 0.717) is 24.5 Å². The maximum absolute atomic E-state index is 13.0. The third-order valence-corrected chi connectivity index (χ3v) is 4.33. The molecule has 142 valence electrons. The molecule has 1 fully saturated rings. The van der Waals surface area contributed by atoms with E-state index in [1.54, 1.807) is 4.90 Å². The molecule has 0 saturated carbocycles. The predicted octanol–water partition coefficient (Wildman–Crippen LogP) is -0.113. The van der Waals surface area contributed by atoms with Gasteiger partial charge in [0.2, 0.25) is 0 Å². The van der Waals surface area contributed by atoms with Crippen LogP contribution in [0.3, 0.4) is 0 Å². The number of H-pyrrole nitrogens is 1. The van der Waals surface area contributed by atoms with Gasteiger partial charge in [-0.05, 0) is 24.3 Å². The Morgan fingerprint density at radius 2 is 1.74 bits per heavy atom. The van der Waals surface area contributed by atoms with Gasteiger partial charge in [0.25, 0.3) is 5.91 Å². The number of nitrogens with zero attached hydrogens (tertiary/aromatic N) is 5. The molecule has 1 aromatic heterocycles. The van der Waals surface area contributed by atoms with Gasteiger partial charge in [0.15, 0.2) is 0 Å². The standard InChI is InChI=1S/C17H19FN6O3/c1-22(10-14-19-11-20-21-14)16(26)17(27)24-8-6-23(7-9-24)15(25)12-2-4-13(18)5-3-12/h2-5,11H,6-10H2,1H3,(H,19,20,21). The largest absolute Gasteiger partial charge is 0.335 e. The van der Waals surface area contributed by atoms with E-state index in [4.69, 9.17) is 0 Å². The Balaban J connectivity index is 1.53. The minimum atomic E-state index is -0.648. The first-order valence-corrected chi connectivity index (χ1v) is 8.39. The molecule has 2 heterocycles. The van der Waals surface area contributed by atoms with Crippen LogP contribution >= 0.6 is 0 Å². The van der Waals surface area contributed by atoms with Gasteiger partial charge in [0.05, 0.1) is 6.54 Å². The molecule has 10 heteroatoms. The van der Waals surface area contributed by atoms with E-state index in [2.05, 4.69) is 15.2 Å². The van der Waals surface area contributed by atoms with Crippen LogP contribution in [0.2, 0.25) is 0 Å². The predicted molar refractivity (Wildman–Crippen MR) is 91.7 cm³/mol. The molecule has 0 aliphatic carbocycles. The number of piperazine rings is 1. The van der Waals surface area contributed by atoms with Crippen LogP contribution in [0.25, 0.3) is 0 Å². The van der Waals surface area contributed by atoms with Crippen molar-refractivity contribution in [2.24, 2.45) is 0 Å². The zero-order valence-electron chi connectivity index (χ0n) is 14.8. The summed E-state index contributed by atoms with van der Waals surface area (Å²) in [4.78, 5) is 45.3. The Morgan fingerprint density at radius 3 is 2.33 bits per heavy atom. The molecular formula is C17H19FN6O3. The first-order valence-electron chi connectivity index (χ1n) is 8.39. The van der Waals surface area contributed by atoms with Gasteiger partial charge < -0.3 is 14.7 Å². The molecule has 27 heavy (non-hydrogen) atoms. The van der Waals surface area contributed by atoms with Crippen LogP contribution in [-0.4, -0.2) is 80.8 Å². The Kier molecular flexibility index (Phi) is 5.43. The van der Waals surface area contributed by atoms with Crippen LogP contribution in [0.1, 0.15) is 16.2 Å². The smallest absolute Gasteiger partial charge is 0.312 e. The van der Waals surface area contributed by atoms with Crippen molar-refractivity contribution in [1.82, 2.24) is 29.9 Å². The summed E-state index contributed by atoms with van der Waals surface area (Å²) in [5, 5.41) is 6.33. The van der Waals surface area contributed by atoms with E-state index in [-0.39, 0.29) is 25.5 Å². The average molecular weight is 374 g/mol. The quantitative estimate of drug-likeness (QED) is 0.755. The highest BCUT2D eigenvalue weighted by atomic mass is 19.1. The highest BCUT2D eigenvalue weighted by Gasteiger charge is 2.30. The normalized spacial score (nSPS) is 14.1. The molecule has 9 nitrogen and oxygen atoms in total. The number of hydrogen-bond acceptors (Lipinski definition) is 5. The summed E-state index contributed by atoms with van der Waals surface area (Å²) in [5.74, 6) is -1.42. The lowest BCUT2D eigenvalue weighted by molar-refractivity contribution is -0.152. The van der Waals surface area contributed by atoms with Crippen LogP contribution in [0, 0.1) is 5.82 Å². The molecule has 3 amide bonds. The van der Waals surface area contributed by atoms with Gasteiger partial charge in [-0.15, -0.1) is 0 Å². The summed E-state index contributed by atoms with van der Waals surface area (Å²) < 4.78 is 13.0. The molecule has 1 saturated heterocycles. The minimum absolute atomic E-state index is 0.146. The molecule has 1 aromatic carbocycles. The van der Waals surface area contributed by atoms with Gasteiger partial charge in [-0.1, -0.05) is 0 Å². The molecule has 0 unspecified atom stereocenters. The number of rotatable bonds is 3. The number of aromatic nitrogens is 3. The van der Waals surface area contributed by atoms with Gasteiger partial charge in [0.1, 0.15) is 18.0 Å². The van der Waals surface area contributed by atoms with Crippen molar-refractivity contribution < 1.29 is 18.8 Å². The van der Waals surface area contributed by atoms with Crippen molar-refractivity contribution in [3.05, 3.63) is 47.8 Å². The zero-order valence-corrected chi connectivity index (χ0v) is 14.8. The van der Waals surface area contributed by atoms with Crippen molar-refractivity contribution in [3.8, 4) is 0 Å². The van der Waals surface area contributed by atoms with Crippen LogP contribution in [0.5, 0.6) is 0 Å². The van der Waals surface area contributed by atoms with Crippen LogP contribution < -0.4 is 0 Å². The first-order chi connectivity index (χ1) is 13.0. The Labute approximate surface area is 154 Å². The second-order valence-corrected chi connectivity index (χ2v) is 6.18. The summed E-state index contributed by atoms with van der Waals surface area (Å²) in [6.45, 7) is 1.27. The number of benzene rings is 1. The van der Waals surface area contributed by atoms with E-state index in [9.17, 15) is 18.8 Å². The zero-order chi connectivity index (χ0) is 19.4. The van der Waals surface area contributed by atoms with Crippen molar-refractivity contribution in [1.29, 1.82) is 0 Å².